The lowest BCUT2D eigenvalue weighted by atomic mass is 10.0. The van der Waals surface area contributed by atoms with Crippen LogP contribution in [0.2, 0.25) is 10.0 Å². The number of halogens is 2. The Morgan fingerprint density at radius 3 is 2.40 bits per heavy atom. The van der Waals surface area contributed by atoms with E-state index in [2.05, 4.69) is 28.9 Å². The summed E-state index contributed by atoms with van der Waals surface area (Å²) < 4.78 is 8.12. The van der Waals surface area contributed by atoms with Crippen molar-refractivity contribution in [3.05, 3.63) is 141 Å². The van der Waals surface area contributed by atoms with E-state index in [1.54, 1.807) is 36.4 Å². The van der Waals surface area contributed by atoms with Crippen molar-refractivity contribution < 1.29 is 19.4 Å². The van der Waals surface area contributed by atoms with Crippen LogP contribution in [0.4, 0.5) is 0 Å². The summed E-state index contributed by atoms with van der Waals surface area (Å²) in [5.41, 5.74) is 4.83. The summed E-state index contributed by atoms with van der Waals surface area (Å²) in [4.78, 5) is 30.0. The SMILES string of the molecule is CCCCn1cc(-c2ccc(Cl)cc2Cl)nc1[C@H](Cc1ccc(OCc2ccc(C(=O)O)cc2)cc1)NC(=O)C1CC1c1ccccc1. The van der Waals surface area contributed by atoms with Gasteiger partial charge in [0.05, 0.1) is 22.3 Å². The largest absolute Gasteiger partial charge is 0.489 e. The van der Waals surface area contributed by atoms with Gasteiger partial charge in [0.15, 0.2) is 0 Å². The zero-order chi connectivity index (χ0) is 33.6. The van der Waals surface area contributed by atoms with E-state index in [9.17, 15) is 9.59 Å². The Hall–Kier alpha value is -4.59. The molecular formula is C39H37Cl2N3O4. The van der Waals surface area contributed by atoms with Gasteiger partial charge in [-0.3, -0.25) is 4.79 Å². The number of hydrogen-bond donors (Lipinski definition) is 2. The molecule has 1 aromatic heterocycles. The summed E-state index contributed by atoms with van der Waals surface area (Å²) in [7, 11) is 0. The fourth-order valence-corrected chi connectivity index (χ4v) is 6.45. The number of benzene rings is 4. The van der Waals surface area contributed by atoms with Gasteiger partial charge in [0.2, 0.25) is 5.91 Å². The van der Waals surface area contributed by atoms with Crippen molar-refractivity contribution in [2.24, 2.45) is 5.92 Å². The standard InChI is InChI=1S/C39H37Cl2N3O4/c1-2-3-19-44-23-36(31-18-15-29(40)21-34(31)41)42-37(44)35(43-38(45)33-22-32(33)27-7-5-4-6-8-27)20-25-11-16-30(17-12-25)48-24-26-9-13-28(14-10-26)39(46)47/h4-18,21,23,32-33,35H,2-3,19-20,22,24H2,1H3,(H,43,45)(H,46,47)/t32?,33?,35-/m0/s1. The minimum absolute atomic E-state index is 0.0267. The lowest BCUT2D eigenvalue weighted by Gasteiger charge is -2.20. The molecule has 48 heavy (non-hydrogen) atoms. The summed E-state index contributed by atoms with van der Waals surface area (Å²) in [5, 5.41) is 13.6. The van der Waals surface area contributed by atoms with E-state index >= 15 is 0 Å². The summed E-state index contributed by atoms with van der Waals surface area (Å²) >= 11 is 12.8. The smallest absolute Gasteiger partial charge is 0.335 e. The number of nitrogens with zero attached hydrogens (tertiary/aromatic N) is 2. The maximum absolute atomic E-state index is 13.8. The van der Waals surface area contributed by atoms with Crippen LogP contribution in [-0.4, -0.2) is 26.5 Å². The highest BCUT2D eigenvalue weighted by molar-refractivity contribution is 6.36. The second kappa shape index (κ2) is 15.1. The Morgan fingerprint density at radius 2 is 1.71 bits per heavy atom. The monoisotopic (exact) mass is 681 g/mol. The van der Waals surface area contributed by atoms with Crippen molar-refractivity contribution in [2.45, 2.75) is 57.7 Å². The second-order valence-corrected chi connectivity index (χ2v) is 13.1. The molecule has 6 rings (SSSR count). The van der Waals surface area contributed by atoms with Gasteiger partial charge in [0, 0.05) is 29.2 Å². The van der Waals surface area contributed by atoms with Gasteiger partial charge in [0.25, 0.3) is 0 Å². The fourth-order valence-electron chi connectivity index (χ4n) is 5.95. The van der Waals surface area contributed by atoms with Gasteiger partial charge in [-0.2, -0.15) is 0 Å². The first-order chi connectivity index (χ1) is 23.3. The molecule has 1 heterocycles. The van der Waals surface area contributed by atoms with Crippen LogP contribution in [0, 0.1) is 5.92 Å². The van der Waals surface area contributed by atoms with Crippen molar-refractivity contribution in [1.82, 2.24) is 14.9 Å². The normalized spacial score (nSPS) is 15.9. The molecular weight excluding hydrogens is 645 g/mol. The maximum Gasteiger partial charge on any atom is 0.335 e. The van der Waals surface area contributed by atoms with Crippen molar-refractivity contribution in [1.29, 1.82) is 0 Å². The van der Waals surface area contributed by atoms with E-state index in [-0.39, 0.29) is 29.3 Å². The van der Waals surface area contributed by atoms with Gasteiger partial charge < -0.3 is 19.7 Å². The Bertz CT molecular complexity index is 1870. The first-order valence-electron chi connectivity index (χ1n) is 16.2. The predicted molar refractivity (Wildman–Crippen MR) is 189 cm³/mol. The molecule has 2 N–H and O–H groups in total. The number of carbonyl (C=O) groups excluding carboxylic acids is 1. The van der Waals surface area contributed by atoms with Gasteiger partial charge in [-0.15, -0.1) is 0 Å². The van der Waals surface area contributed by atoms with E-state index < -0.39 is 5.97 Å². The topological polar surface area (TPSA) is 93.5 Å². The molecule has 1 aliphatic carbocycles. The van der Waals surface area contributed by atoms with E-state index in [4.69, 9.17) is 38.0 Å². The second-order valence-electron chi connectivity index (χ2n) is 12.2. The Labute approximate surface area is 290 Å². The van der Waals surface area contributed by atoms with Gasteiger partial charge in [0.1, 0.15) is 18.2 Å². The first-order valence-corrected chi connectivity index (χ1v) is 17.0. The molecule has 9 heteroatoms. The number of imidazole rings is 1. The third-order valence-electron chi connectivity index (χ3n) is 8.72. The Morgan fingerprint density at radius 1 is 0.979 bits per heavy atom. The number of carboxylic acid groups (broad SMARTS) is 1. The number of unbranched alkanes of at least 4 members (excludes halogenated alkanes) is 1. The molecule has 1 saturated carbocycles. The average molecular weight is 683 g/mol. The van der Waals surface area contributed by atoms with Crippen LogP contribution >= 0.6 is 23.2 Å². The molecule has 0 aliphatic heterocycles. The van der Waals surface area contributed by atoms with Crippen LogP contribution in [0.5, 0.6) is 5.75 Å². The molecule has 1 aliphatic rings. The number of amides is 1. The van der Waals surface area contributed by atoms with E-state index in [1.165, 1.54) is 5.56 Å². The highest BCUT2D eigenvalue weighted by atomic mass is 35.5. The third kappa shape index (κ3) is 8.09. The van der Waals surface area contributed by atoms with Crippen LogP contribution in [0.25, 0.3) is 11.3 Å². The van der Waals surface area contributed by atoms with E-state index in [0.717, 1.165) is 54.0 Å². The number of carbonyl (C=O) groups is 2. The molecule has 246 valence electrons. The summed E-state index contributed by atoms with van der Waals surface area (Å²) in [6.45, 7) is 3.22. The third-order valence-corrected chi connectivity index (χ3v) is 9.27. The highest BCUT2D eigenvalue weighted by Crippen LogP contribution is 2.47. The summed E-state index contributed by atoms with van der Waals surface area (Å²) in [5.74, 6) is 0.665. The molecule has 7 nitrogen and oxygen atoms in total. The number of aryl methyl sites for hydroxylation is 1. The van der Waals surface area contributed by atoms with Gasteiger partial charge in [-0.1, -0.05) is 91.1 Å². The molecule has 1 fully saturated rings. The van der Waals surface area contributed by atoms with Crippen LogP contribution in [-0.2, 0) is 24.4 Å². The van der Waals surface area contributed by atoms with Crippen molar-refractivity contribution in [3.8, 4) is 17.0 Å². The van der Waals surface area contributed by atoms with Gasteiger partial charge in [-0.05, 0) is 84.3 Å². The minimum atomic E-state index is -0.960. The first kappa shape index (κ1) is 33.3. The number of hydrogen-bond acceptors (Lipinski definition) is 4. The number of carboxylic acids is 1. The van der Waals surface area contributed by atoms with Crippen molar-refractivity contribution in [2.75, 3.05) is 0 Å². The molecule has 4 aromatic carbocycles. The lowest BCUT2D eigenvalue weighted by Crippen LogP contribution is -2.33. The molecule has 0 bridgehead atoms. The fraction of sp³-hybridized carbons (Fsp3) is 0.256. The molecule has 0 radical (unpaired) electrons. The van der Waals surface area contributed by atoms with Crippen LogP contribution in [0.15, 0.2) is 103 Å². The lowest BCUT2D eigenvalue weighted by molar-refractivity contribution is -0.123. The number of aromatic nitrogens is 2. The number of rotatable bonds is 14. The van der Waals surface area contributed by atoms with Gasteiger partial charge >= 0.3 is 5.97 Å². The molecule has 5 aromatic rings. The van der Waals surface area contributed by atoms with Crippen molar-refractivity contribution in [3.63, 3.8) is 0 Å². The summed E-state index contributed by atoms with van der Waals surface area (Å²) in [6, 6.07) is 29.7. The van der Waals surface area contributed by atoms with E-state index in [1.807, 2.05) is 54.7 Å². The maximum atomic E-state index is 13.8. The summed E-state index contributed by atoms with van der Waals surface area (Å²) in [6.07, 6.45) is 5.34. The molecule has 3 atom stereocenters. The zero-order valence-corrected chi connectivity index (χ0v) is 28.1. The Kier molecular flexibility index (Phi) is 10.5. The minimum Gasteiger partial charge on any atom is -0.489 e. The average Bonchev–Trinajstić information content (AvgIpc) is 3.80. The van der Waals surface area contributed by atoms with Gasteiger partial charge in [-0.25, -0.2) is 9.78 Å². The molecule has 1 amide bonds. The van der Waals surface area contributed by atoms with Crippen LogP contribution in [0.3, 0.4) is 0 Å². The quantitative estimate of drug-likeness (QED) is 0.122. The highest BCUT2D eigenvalue weighted by Gasteiger charge is 2.44. The zero-order valence-electron chi connectivity index (χ0n) is 26.6. The number of ether oxygens (including phenoxy) is 1. The molecule has 0 spiro atoms. The van der Waals surface area contributed by atoms with Crippen molar-refractivity contribution >= 4 is 35.1 Å². The molecule has 2 unspecified atom stereocenters. The van der Waals surface area contributed by atoms with Crippen LogP contribution in [0.1, 0.15) is 71.0 Å². The Balaban J connectivity index is 1.24. The number of aromatic carboxylic acids is 1. The predicted octanol–water partition coefficient (Wildman–Crippen LogP) is 9.14. The van der Waals surface area contributed by atoms with E-state index in [0.29, 0.717) is 28.8 Å². The van der Waals surface area contributed by atoms with Crippen LogP contribution < -0.4 is 10.1 Å². The number of nitrogens with one attached hydrogen (secondary N) is 1. The molecule has 0 saturated heterocycles.